The number of hydrogen-bond donors (Lipinski definition) is 1. The Morgan fingerprint density at radius 3 is 2.50 bits per heavy atom. The fourth-order valence-electron chi connectivity index (χ4n) is 1.25. The maximum absolute atomic E-state index is 13.1. The van der Waals surface area contributed by atoms with Crippen LogP contribution in [0.1, 0.15) is 0 Å². The Bertz CT molecular complexity index is 516. The molecule has 0 amide bonds. The van der Waals surface area contributed by atoms with Crippen LogP contribution in [-0.2, 0) is 0 Å². The number of hydrogen-bond acceptors (Lipinski definition) is 2. The van der Waals surface area contributed by atoms with Gasteiger partial charge in [-0.3, -0.25) is 0 Å². The molecule has 16 heavy (non-hydrogen) atoms. The van der Waals surface area contributed by atoms with Crippen molar-refractivity contribution in [3.05, 3.63) is 53.3 Å². The number of rotatable bonds is 2. The van der Waals surface area contributed by atoms with E-state index in [1.165, 1.54) is 12.1 Å². The van der Waals surface area contributed by atoms with Crippen molar-refractivity contribution >= 4 is 17.3 Å². The first kappa shape index (κ1) is 10.8. The van der Waals surface area contributed by atoms with Gasteiger partial charge in [-0.25, -0.2) is 4.39 Å². The van der Waals surface area contributed by atoms with Crippen molar-refractivity contribution < 1.29 is 9.13 Å². The average molecular weight is 238 g/mol. The summed E-state index contributed by atoms with van der Waals surface area (Å²) in [4.78, 5) is 0. The van der Waals surface area contributed by atoms with E-state index in [0.29, 0.717) is 17.2 Å². The van der Waals surface area contributed by atoms with E-state index in [-0.39, 0.29) is 5.02 Å². The van der Waals surface area contributed by atoms with Crippen LogP contribution in [0, 0.1) is 5.82 Å². The van der Waals surface area contributed by atoms with Crippen LogP contribution in [0.2, 0.25) is 5.02 Å². The number of nitrogens with two attached hydrogens (primary N) is 1. The van der Waals surface area contributed by atoms with Crippen molar-refractivity contribution in [1.29, 1.82) is 0 Å². The Kier molecular flexibility index (Phi) is 2.97. The molecule has 2 nitrogen and oxygen atoms in total. The number of nitrogen functional groups attached to an aromatic ring is 1. The smallest absolute Gasteiger partial charge is 0.145 e. The second-order valence-corrected chi connectivity index (χ2v) is 3.66. The second kappa shape index (κ2) is 4.41. The highest BCUT2D eigenvalue weighted by atomic mass is 35.5. The van der Waals surface area contributed by atoms with E-state index in [1.807, 2.05) is 0 Å². The monoisotopic (exact) mass is 237 g/mol. The third-order valence-electron chi connectivity index (χ3n) is 1.98. The van der Waals surface area contributed by atoms with E-state index in [4.69, 9.17) is 22.1 Å². The topological polar surface area (TPSA) is 35.2 Å². The molecule has 0 heterocycles. The Hall–Kier alpha value is -1.74. The molecule has 2 rings (SSSR count). The SMILES string of the molecule is Nc1cccc(Oc2ccc(Cl)c(F)c2)c1. The van der Waals surface area contributed by atoms with E-state index >= 15 is 0 Å². The minimum atomic E-state index is -0.511. The molecule has 0 fully saturated rings. The van der Waals surface area contributed by atoms with Gasteiger partial charge in [0.05, 0.1) is 5.02 Å². The molecule has 0 atom stereocenters. The third-order valence-corrected chi connectivity index (χ3v) is 2.29. The van der Waals surface area contributed by atoms with Gasteiger partial charge in [0, 0.05) is 17.8 Å². The fourth-order valence-corrected chi connectivity index (χ4v) is 1.37. The first-order chi connectivity index (χ1) is 7.65. The van der Waals surface area contributed by atoms with Crippen LogP contribution in [0.25, 0.3) is 0 Å². The molecule has 0 saturated heterocycles. The molecule has 0 aliphatic rings. The lowest BCUT2D eigenvalue weighted by molar-refractivity contribution is 0.477. The summed E-state index contributed by atoms with van der Waals surface area (Å²) < 4.78 is 18.5. The van der Waals surface area contributed by atoms with E-state index in [0.717, 1.165) is 0 Å². The van der Waals surface area contributed by atoms with E-state index < -0.39 is 5.82 Å². The largest absolute Gasteiger partial charge is 0.457 e. The van der Waals surface area contributed by atoms with E-state index in [1.54, 1.807) is 30.3 Å². The minimum Gasteiger partial charge on any atom is -0.457 e. The average Bonchev–Trinajstić information content (AvgIpc) is 2.24. The number of anilines is 1. The van der Waals surface area contributed by atoms with Gasteiger partial charge in [-0.1, -0.05) is 17.7 Å². The van der Waals surface area contributed by atoms with Crippen LogP contribution in [0.4, 0.5) is 10.1 Å². The first-order valence-electron chi connectivity index (χ1n) is 4.63. The molecule has 0 unspecified atom stereocenters. The predicted octanol–water partition coefficient (Wildman–Crippen LogP) is 3.85. The van der Waals surface area contributed by atoms with Crippen LogP contribution in [0.5, 0.6) is 11.5 Å². The molecule has 0 aliphatic carbocycles. The van der Waals surface area contributed by atoms with Crippen LogP contribution >= 0.6 is 11.6 Å². The standard InChI is InChI=1S/C12H9ClFNO/c13-11-5-4-10(7-12(11)14)16-9-3-1-2-8(15)6-9/h1-7H,15H2. The fraction of sp³-hybridized carbons (Fsp3) is 0. The normalized spacial score (nSPS) is 10.1. The number of ether oxygens (including phenoxy) is 1. The van der Waals surface area contributed by atoms with Crippen molar-refractivity contribution in [3.8, 4) is 11.5 Å². The molecule has 2 aromatic rings. The third kappa shape index (κ3) is 2.44. The molecule has 0 spiro atoms. The molecule has 0 aromatic heterocycles. The Labute approximate surface area is 97.4 Å². The summed E-state index contributed by atoms with van der Waals surface area (Å²) in [6.07, 6.45) is 0. The zero-order valence-electron chi connectivity index (χ0n) is 8.28. The molecule has 0 saturated carbocycles. The Morgan fingerprint density at radius 1 is 1.06 bits per heavy atom. The van der Waals surface area contributed by atoms with Gasteiger partial charge < -0.3 is 10.5 Å². The van der Waals surface area contributed by atoms with Gasteiger partial charge in [0.15, 0.2) is 0 Å². The van der Waals surface area contributed by atoms with Crippen LogP contribution in [-0.4, -0.2) is 0 Å². The quantitative estimate of drug-likeness (QED) is 0.805. The van der Waals surface area contributed by atoms with Gasteiger partial charge >= 0.3 is 0 Å². The summed E-state index contributed by atoms with van der Waals surface area (Å²) in [6.45, 7) is 0. The number of halogens is 2. The molecule has 2 N–H and O–H groups in total. The van der Waals surface area contributed by atoms with Crippen molar-refractivity contribution in [2.24, 2.45) is 0 Å². The van der Waals surface area contributed by atoms with Gasteiger partial charge in [-0.05, 0) is 24.3 Å². The van der Waals surface area contributed by atoms with Crippen molar-refractivity contribution in [2.45, 2.75) is 0 Å². The van der Waals surface area contributed by atoms with Crippen LogP contribution in [0.3, 0.4) is 0 Å². The molecular weight excluding hydrogens is 229 g/mol. The molecule has 0 aliphatic heterocycles. The van der Waals surface area contributed by atoms with Crippen molar-refractivity contribution in [3.63, 3.8) is 0 Å². The summed E-state index contributed by atoms with van der Waals surface area (Å²) in [6, 6.07) is 11.2. The number of benzene rings is 2. The van der Waals surface area contributed by atoms with Crippen molar-refractivity contribution in [2.75, 3.05) is 5.73 Å². The maximum Gasteiger partial charge on any atom is 0.145 e. The van der Waals surface area contributed by atoms with Crippen molar-refractivity contribution in [1.82, 2.24) is 0 Å². The molecule has 0 radical (unpaired) electrons. The molecule has 0 bridgehead atoms. The second-order valence-electron chi connectivity index (χ2n) is 3.25. The Morgan fingerprint density at radius 2 is 1.81 bits per heavy atom. The summed E-state index contributed by atoms with van der Waals surface area (Å²) in [5.74, 6) is 0.428. The molecular formula is C12H9ClFNO. The summed E-state index contributed by atoms with van der Waals surface area (Å²) >= 11 is 5.56. The highest BCUT2D eigenvalue weighted by Crippen LogP contribution is 2.26. The highest BCUT2D eigenvalue weighted by molar-refractivity contribution is 6.30. The van der Waals surface area contributed by atoms with Crippen LogP contribution in [0.15, 0.2) is 42.5 Å². The maximum atomic E-state index is 13.1. The van der Waals surface area contributed by atoms with Gasteiger partial charge in [-0.15, -0.1) is 0 Å². The van der Waals surface area contributed by atoms with Crippen LogP contribution < -0.4 is 10.5 Å². The molecule has 82 valence electrons. The lowest BCUT2D eigenvalue weighted by Gasteiger charge is -2.06. The minimum absolute atomic E-state index is 0.0694. The highest BCUT2D eigenvalue weighted by Gasteiger charge is 2.03. The van der Waals surface area contributed by atoms with E-state index in [9.17, 15) is 4.39 Å². The van der Waals surface area contributed by atoms with Gasteiger partial charge in [0.25, 0.3) is 0 Å². The van der Waals surface area contributed by atoms with Gasteiger partial charge in [0.1, 0.15) is 17.3 Å². The summed E-state index contributed by atoms with van der Waals surface area (Å²) in [5, 5.41) is 0.0694. The lowest BCUT2D eigenvalue weighted by Crippen LogP contribution is -1.88. The van der Waals surface area contributed by atoms with Gasteiger partial charge in [0.2, 0.25) is 0 Å². The lowest BCUT2D eigenvalue weighted by atomic mass is 10.3. The Balaban J connectivity index is 2.24. The zero-order chi connectivity index (χ0) is 11.5. The zero-order valence-corrected chi connectivity index (χ0v) is 9.04. The summed E-state index contributed by atoms with van der Waals surface area (Å²) in [5.41, 5.74) is 6.18. The molecule has 2 aromatic carbocycles. The molecule has 4 heteroatoms. The van der Waals surface area contributed by atoms with E-state index in [2.05, 4.69) is 0 Å². The van der Waals surface area contributed by atoms with Gasteiger partial charge in [-0.2, -0.15) is 0 Å². The predicted molar refractivity (Wildman–Crippen MR) is 62.3 cm³/mol. The summed E-state index contributed by atoms with van der Waals surface area (Å²) in [7, 11) is 0. The first-order valence-corrected chi connectivity index (χ1v) is 5.01.